The Morgan fingerprint density at radius 1 is 0.795 bits per heavy atom. The topological polar surface area (TPSA) is 158 Å². The van der Waals surface area contributed by atoms with E-state index < -0.39 is 23.9 Å². The number of rotatable bonds is 21. The van der Waals surface area contributed by atoms with Crippen LogP contribution < -0.4 is 21.7 Å². The van der Waals surface area contributed by atoms with Crippen LogP contribution in [0.4, 0.5) is 15.3 Å². The van der Waals surface area contributed by atoms with Gasteiger partial charge in [-0.15, -0.1) is 0 Å². The van der Waals surface area contributed by atoms with Gasteiger partial charge in [0.15, 0.2) is 0 Å². The molecule has 3 amide bonds. The van der Waals surface area contributed by atoms with Crippen molar-refractivity contribution in [1.29, 1.82) is 0 Å². The molecule has 0 radical (unpaired) electrons. The molecule has 0 saturated heterocycles. The van der Waals surface area contributed by atoms with E-state index in [1.807, 2.05) is 13.8 Å². The molecule has 250 valence electrons. The van der Waals surface area contributed by atoms with Gasteiger partial charge in [0.2, 0.25) is 11.8 Å². The molecule has 0 aromatic heterocycles. The standard InChI is InChI=1S/C33H56N4O7/c1-25(2)23-28(34)30(39)37-27-18-16-26(17-19-27)24-43-32(41)42-22-14-12-10-8-6-7-9-11-13-15-29(38)35-20-21-36-31(40)44-33(3,4)5/h16-19,25,28H,6-15,20-24,34H2,1-5H3,(H,35,38)(H,36,40)(H,37,39)/t28-/m0/s1. The van der Waals surface area contributed by atoms with Gasteiger partial charge in [-0.05, 0) is 63.6 Å². The number of carbonyl (C=O) groups excluding carboxylic acids is 4. The predicted molar refractivity (Wildman–Crippen MR) is 172 cm³/mol. The lowest BCUT2D eigenvalue weighted by Crippen LogP contribution is -2.37. The van der Waals surface area contributed by atoms with Crippen molar-refractivity contribution in [3.05, 3.63) is 29.8 Å². The second-order valence-corrected chi connectivity index (χ2v) is 12.5. The van der Waals surface area contributed by atoms with Crippen LogP contribution in [-0.4, -0.2) is 55.4 Å². The Kier molecular flexibility index (Phi) is 19.5. The van der Waals surface area contributed by atoms with E-state index in [0.29, 0.717) is 44.1 Å². The van der Waals surface area contributed by atoms with Gasteiger partial charge in [-0.2, -0.15) is 0 Å². The molecule has 0 heterocycles. The Bertz CT molecular complexity index is 977. The van der Waals surface area contributed by atoms with E-state index >= 15 is 0 Å². The first-order valence-corrected chi connectivity index (χ1v) is 16.0. The summed E-state index contributed by atoms with van der Waals surface area (Å²) in [6, 6.07) is 6.52. The van der Waals surface area contributed by atoms with Crippen molar-refractivity contribution in [2.75, 3.05) is 25.0 Å². The molecule has 0 aliphatic rings. The maximum Gasteiger partial charge on any atom is 0.508 e. The van der Waals surface area contributed by atoms with Gasteiger partial charge in [0.05, 0.1) is 12.6 Å². The number of hydrogen-bond acceptors (Lipinski definition) is 8. The van der Waals surface area contributed by atoms with Gasteiger partial charge in [0, 0.05) is 25.2 Å². The highest BCUT2D eigenvalue weighted by Crippen LogP contribution is 2.13. The third kappa shape index (κ3) is 21.4. The number of unbranched alkanes of at least 4 members (excludes halogenated alkanes) is 8. The van der Waals surface area contributed by atoms with E-state index in [4.69, 9.17) is 19.9 Å². The number of ether oxygens (including phenoxy) is 3. The predicted octanol–water partition coefficient (Wildman–Crippen LogP) is 6.19. The molecule has 1 aromatic carbocycles. The molecule has 0 saturated carbocycles. The number of anilines is 1. The Balaban J connectivity index is 1.95. The zero-order valence-electron chi connectivity index (χ0n) is 27.5. The van der Waals surface area contributed by atoms with E-state index in [1.165, 1.54) is 0 Å². The fourth-order valence-electron chi connectivity index (χ4n) is 4.27. The summed E-state index contributed by atoms with van der Waals surface area (Å²) in [5, 5.41) is 8.22. The zero-order valence-corrected chi connectivity index (χ0v) is 27.5. The third-order valence-electron chi connectivity index (χ3n) is 6.52. The summed E-state index contributed by atoms with van der Waals surface area (Å²) < 4.78 is 15.5. The lowest BCUT2D eigenvalue weighted by Gasteiger charge is -2.19. The minimum Gasteiger partial charge on any atom is -0.444 e. The van der Waals surface area contributed by atoms with E-state index in [-0.39, 0.29) is 18.4 Å². The Morgan fingerprint density at radius 3 is 1.95 bits per heavy atom. The minimum absolute atomic E-state index is 0.00116. The molecule has 44 heavy (non-hydrogen) atoms. The van der Waals surface area contributed by atoms with Crippen molar-refractivity contribution in [2.45, 2.75) is 123 Å². The fourth-order valence-corrected chi connectivity index (χ4v) is 4.27. The van der Waals surface area contributed by atoms with Crippen molar-refractivity contribution < 1.29 is 33.4 Å². The van der Waals surface area contributed by atoms with Crippen LogP contribution in [0.15, 0.2) is 24.3 Å². The van der Waals surface area contributed by atoms with Crippen LogP contribution in [-0.2, 0) is 30.4 Å². The van der Waals surface area contributed by atoms with Crippen molar-refractivity contribution >= 4 is 29.8 Å². The number of hydrogen-bond donors (Lipinski definition) is 4. The molecule has 1 rings (SSSR count). The molecule has 1 aromatic rings. The van der Waals surface area contributed by atoms with Crippen molar-refractivity contribution in [3.8, 4) is 0 Å². The average Bonchev–Trinajstić information content (AvgIpc) is 2.94. The first-order valence-electron chi connectivity index (χ1n) is 16.0. The molecule has 11 heteroatoms. The fraction of sp³-hybridized carbons (Fsp3) is 0.697. The quantitative estimate of drug-likeness (QED) is 0.0935. The smallest absolute Gasteiger partial charge is 0.444 e. The first kappa shape index (κ1) is 38.7. The number of benzene rings is 1. The monoisotopic (exact) mass is 620 g/mol. The van der Waals surface area contributed by atoms with Crippen LogP contribution in [0.5, 0.6) is 0 Å². The lowest BCUT2D eigenvalue weighted by molar-refractivity contribution is -0.121. The van der Waals surface area contributed by atoms with Gasteiger partial charge in [-0.3, -0.25) is 9.59 Å². The molecule has 11 nitrogen and oxygen atoms in total. The molecule has 0 aliphatic carbocycles. The second kappa shape index (κ2) is 22.2. The molecule has 5 N–H and O–H groups in total. The number of carbonyl (C=O) groups is 4. The van der Waals surface area contributed by atoms with Gasteiger partial charge in [0.1, 0.15) is 12.2 Å². The summed E-state index contributed by atoms with van der Waals surface area (Å²) in [6.45, 7) is 10.6. The maximum atomic E-state index is 12.1. The molecular weight excluding hydrogens is 564 g/mol. The number of nitrogens with two attached hydrogens (primary N) is 1. The van der Waals surface area contributed by atoms with Crippen LogP contribution in [0, 0.1) is 5.92 Å². The highest BCUT2D eigenvalue weighted by atomic mass is 16.7. The Morgan fingerprint density at radius 2 is 1.36 bits per heavy atom. The summed E-state index contributed by atoms with van der Waals surface area (Å²) in [6.07, 6.45) is 9.23. The summed E-state index contributed by atoms with van der Waals surface area (Å²) in [4.78, 5) is 47.4. The Hall–Kier alpha value is -3.34. The molecule has 0 bridgehead atoms. The van der Waals surface area contributed by atoms with Gasteiger partial charge in [0.25, 0.3) is 0 Å². The van der Waals surface area contributed by atoms with Gasteiger partial charge >= 0.3 is 12.2 Å². The van der Waals surface area contributed by atoms with Gasteiger partial charge < -0.3 is 35.9 Å². The number of amides is 3. The molecular formula is C33H56N4O7. The van der Waals surface area contributed by atoms with Crippen molar-refractivity contribution in [3.63, 3.8) is 0 Å². The zero-order chi connectivity index (χ0) is 32.8. The molecule has 0 fully saturated rings. The SMILES string of the molecule is CC(C)C[C@H](N)C(=O)Nc1ccc(COC(=O)OCCCCCCCCCCCC(=O)NCCNC(=O)OC(C)(C)C)cc1. The van der Waals surface area contributed by atoms with E-state index in [0.717, 1.165) is 63.4 Å². The summed E-state index contributed by atoms with van der Waals surface area (Å²) in [5.74, 6) is 0.123. The second-order valence-electron chi connectivity index (χ2n) is 12.5. The van der Waals surface area contributed by atoms with Crippen molar-refractivity contribution in [1.82, 2.24) is 10.6 Å². The molecule has 1 atom stereocenters. The summed E-state index contributed by atoms with van der Waals surface area (Å²) in [7, 11) is 0. The van der Waals surface area contributed by atoms with Crippen LogP contribution in [0.1, 0.15) is 111 Å². The summed E-state index contributed by atoms with van der Waals surface area (Å²) in [5.41, 5.74) is 6.81. The van der Waals surface area contributed by atoms with E-state index in [2.05, 4.69) is 16.0 Å². The molecule has 0 spiro atoms. The van der Waals surface area contributed by atoms with Crippen LogP contribution in [0.2, 0.25) is 0 Å². The lowest BCUT2D eigenvalue weighted by atomic mass is 10.0. The van der Waals surface area contributed by atoms with Crippen LogP contribution >= 0.6 is 0 Å². The minimum atomic E-state index is -0.687. The normalized spacial score (nSPS) is 11.9. The highest BCUT2D eigenvalue weighted by molar-refractivity contribution is 5.94. The number of alkyl carbamates (subject to hydrolysis) is 1. The number of nitrogens with one attached hydrogen (secondary N) is 3. The van der Waals surface area contributed by atoms with Crippen LogP contribution in [0.3, 0.4) is 0 Å². The van der Waals surface area contributed by atoms with Gasteiger partial charge in [-0.1, -0.05) is 70.9 Å². The summed E-state index contributed by atoms with van der Waals surface area (Å²) >= 11 is 0. The third-order valence-corrected chi connectivity index (χ3v) is 6.52. The first-order chi connectivity index (χ1) is 20.9. The highest BCUT2D eigenvalue weighted by Gasteiger charge is 2.16. The van der Waals surface area contributed by atoms with Crippen molar-refractivity contribution in [2.24, 2.45) is 11.7 Å². The van der Waals surface area contributed by atoms with Gasteiger partial charge in [-0.25, -0.2) is 9.59 Å². The molecule has 0 unspecified atom stereocenters. The average molecular weight is 621 g/mol. The van der Waals surface area contributed by atoms with E-state index in [1.54, 1.807) is 45.0 Å². The largest absolute Gasteiger partial charge is 0.508 e. The maximum absolute atomic E-state index is 12.1. The molecule has 0 aliphatic heterocycles. The van der Waals surface area contributed by atoms with Crippen LogP contribution in [0.25, 0.3) is 0 Å². The van der Waals surface area contributed by atoms with E-state index in [9.17, 15) is 19.2 Å². The Labute approximate surface area is 263 Å².